The van der Waals surface area contributed by atoms with Gasteiger partial charge in [0.15, 0.2) is 14.1 Å². The number of aliphatic hydroxyl groups excluding tert-OH is 2. The Hall–Kier alpha value is -2.88. The Morgan fingerprint density at radius 1 is 0.534 bits per heavy atom. The number of ketones is 1. The second kappa shape index (κ2) is 53.3. The van der Waals surface area contributed by atoms with Gasteiger partial charge in [-0.3, -0.25) is 29.8 Å². The smallest absolute Gasteiger partial charge is 0.325 e. The van der Waals surface area contributed by atoms with Gasteiger partial charge in [-0.25, -0.2) is 4.79 Å². The Kier molecular flexibility index (Phi) is 49.3. The van der Waals surface area contributed by atoms with E-state index in [-0.39, 0.29) is 93.9 Å². The number of nitrogens with zero attached hydrogens (tertiary/aromatic N) is 2. The van der Waals surface area contributed by atoms with Crippen LogP contribution >= 0.6 is 127 Å². The number of rotatable bonds is 17. The number of hydrogen-bond acceptors (Lipinski definition) is 15. The summed E-state index contributed by atoms with van der Waals surface area (Å²) in [7, 11) is -1.56. The van der Waals surface area contributed by atoms with Crippen molar-refractivity contribution in [2.75, 3.05) is 22.1 Å². The largest absolute Gasteiger partial charge is 0.421 e. The van der Waals surface area contributed by atoms with Crippen molar-refractivity contribution < 1.29 is 43.6 Å². The Balaban J connectivity index is 0.000000362. The third kappa shape index (κ3) is 37.3. The van der Waals surface area contributed by atoms with E-state index in [1.807, 2.05) is 76.2 Å². The number of anilines is 4. The Morgan fingerprint density at radius 3 is 1.38 bits per heavy atom. The van der Waals surface area contributed by atoms with Crippen LogP contribution in [0.4, 0.5) is 38.9 Å². The van der Waals surface area contributed by atoms with Crippen molar-refractivity contribution in [1.29, 1.82) is 0 Å². The molecule has 5 saturated carbocycles. The first-order valence-electron chi connectivity index (χ1n) is 39.7. The molecule has 636 valence electrons. The van der Waals surface area contributed by atoms with Crippen molar-refractivity contribution in [3.05, 3.63) is 180 Å². The summed E-state index contributed by atoms with van der Waals surface area (Å²) in [5.74, 6) is 3.31. The molecule has 12 N–H and O–H groups in total. The van der Waals surface area contributed by atoms with Crippen LogP contribution in [0.1, 0.15) is 226 Å². The SMILES string of the molecule is CC(C)(C)[Si](C)(C)OC1CCC(N)CC1.CC1CCC(CC(=O)c2cc(Br)cc(Br)c2[N+](=O)[O-])CC1.CC1CCC(CCc2cc(Br)cc(Br)c2N)CC1.Cc1cccc(C)c1N.Cc1cccc(C)c1NC(=O)Nc1c(Br)cc(Br)cc1CCC1CCC(O)CC1.NC1CCC(O)CC1.O=COc1cc(Br)cc(Br)c1[N+](=O)[O-].[AlH2].[Li]. The minimum absolute atomic E-state index is 0. The molecule has 6 aromatic carbocycles. The first-order valence-corrected chi connectivity index (χ1v) is 48.9. The van der Waals surface area contributed by atoms with Crippen molar-refractivity contribution in [2.24, 2.45) is 41.1 Å². The average Bonchev–Trinajstić information content (AvgIpc) is 0.813. The number of halogens is 8. The number of nitrogens with two attached hydrogens (primary N) is 4. The molecule has 11 rings (SSSR count). The molecule has 0 unspecified atom stereocenters. The maximum Gasteiger partial charge on any atom is 0.325 e. The predicted molar refractivity (Wildman–Crippen MR) is 512 cm³/mol. The minimum Gasteiger partial charge on any atom is -0.421 e. The van der Waals surface area contributed by atoms with Crippen LogP contribution < -0.4 is 38.3 Å². The quantitative estimate of drug-likeness (QED) is 0.0105. The van der Waals surface area contributed by atoms with Crippen LogP contribution in [0.5, 0.6) is 5.75 Å². The molecule has 0 aliphatic heterocycles. The fourth-order valence-electron chi connectivity index (χ4n) is 14.3. The minimum atomic E-state index is -1.56. The molecule has 0 heterocycles. The summed E-state index contributed by atoms with van der Waals surface area (Å²) in [4.78, 5) is 56.0. The molecule has 2 amide bonds. The van der Waals surface area contributed by atoms with E-state index < -0.39 is 18.2 Å². The van der Waals surface area contributed by atoms with Crippen LogP contribution in [0.2, 0.25) is 18.1 Å². The predicted octanol–water partition coefficient (Wildman–Crippen LogP) is 24.8. The van der Waals surface area contributed by atoms with Crippen LogP contribution in [0.3, 0.4) is 0 Å². The summed E-state index contributed by atoms with van der Waals surface area (Å²) in [5.41, 5.74) is 33.3. The number of nitro groups is 2. The second-order valence-corrected chi connectivity index (χ2v) is 44.7. The molecule has 5 aliphatic carbocycles. The van der Waals surface area contributed by atoms with Gasteiger partial charge in [-0.2, -0.15) is 0 Å². The molecule has 0 spiro atoms. The number of nitro benzene ring substituents is 2. The van der Waals surface area contributed by atoms with Crippen molar-refractivity contribution in [1.82, 2.24) is 0 Å². The third-order valence-corrected chi connectivity index (χ3v) is 31.5. The maximum absolute atomic E-state index is 12.7. The first kappa shape index (κ1) is 107. The molecule has 0 saturated heterocycles. The summed E-state index contributed by atoms with van der Waals surface area (Å²) in [6, 6.07) is 26.7. The number of amides is 2. The normalized spacial score (nSPS) is 20.9. The van der Waals surface area contributed by atoms with Gasteiger partial charge in [0.2, 0.25) is 5.75 Å². The monoisotopic (exact) mass is 2140 g/mol. The zero-order valence-electron chi connectivity index (χ0n) is 69.9. The van der Waals surface area contributed by atoms with Crippen molar-refractivity contribution in [3.63, 3.8) is 0 Å². The standard InChI is InChI=1S/C23H28Br2N2O2.C15H17Br2NO3.C15H21Br2N.C12H27NOSi.C8H11N.C7H3Br2NO4.C6H13NO.Al.Li.2H/c1-14-4-3-5-15(2)21(14)26-23(29)27-22-17(12-18(24)13-20(22)25)9-6-16-7-10-19(28)11-8-16;1-9-2-4-10(5-3-9)6-14(19)12-7-11(16)8-13(17)15(12)18(20)21;1-10-2-4-11(5-3-10)6-7-12-8-13(16)9-14(17)15(12)18;1-12(2,3)15(4,5)14-11-8-6-10(13)7-9-11;1-6-4-3-5-7(2)8(6)9;8-4-1-5(9)7(10(12)13)6(2-4)14-3-11;7-5-1-3-6(8)4-2-5;;;;/h3-5,12-13,16,19,28H,6-11H2,1-2H3,(H2,26,27,29);7-10H,2-6H2,1H3;8-11H,2-7,18H2,1H3;10-11H,6-9,13H2,1-5H3;3-5H,9H2,1-2H3;1-3H;5-6,8H,1-4,7H2;;;;. The molecule has 6 aromatic rings. The van der Waals surface area contributed by atoms with Gasteiger partial charge >= 0.3 is 11.7 Å². The fraction of sp³-hybridized carbons (Fsp3) is 0.547. The van der Waals surface area contributed by atoms with Gasteiger partial charge in [0.25, 0.3) is 12.2 Å². The van der Waals surface area contributed by atoms with Gasteiger partial charge < -0.3 is 52.9 Å². The van der Waals surface area contributed by atoms with Gasteiger partial charge in [-0.05, 0) is 331 Å². The van der Waals surface area contributed by atoms with Gasteiger partial charge in [-0.15, -0.1) is 0 Å². The van der Waals surface area contributed by atoms with E-state index in [0.29, 0.717) is 54.9 Å². The van der Waals surface area contributed by atoms with Gasteiger partial charge in [0.05, 0.1) is 37.8 Å². The van der Waals surface area contributed by atoms with Crippen LogP contribution in [-0.4, -0.2) is 113 Å². The van der Waals surface area contributed by atoms with E-state index in [4.69, 9.17) is 32.5 Å². The topological polar surface area (TPSA) is 325 Å². The van der Waals surface area contributed by atoms with E-state index in [1.54, 1.807) is 12.1 Å². The molecular weight excluding hydrogens is 2020 g/mol. The number of aliphatic hydroxyl groups is 2. The number of nitrogen functional groups attached to an aromatic ring is 2. The summed E-state index contributed by atoms with van der Waals surface area (Å²) in [6.45, 7) is 24.3. The molecular formula is C86H122AlBr8LiN8O11Si. The first-order chi connectivity index (χ1) is 53.6. The number of carbonyl (C=O) groups is 3. The molecule has 30 heteroatoms. The number of nitrogens with one attached hydrogen (secondary N) is 2. The van der Waals surface area contributed by atoms with Crippen LogP contribution in [0.15, 0.2) is 121 Å². The average molecular weight is 2150 g/mol. The zero-order valence-corrected chi connectivity index (χ0v) is 85.6. The Morgan fingerprint density at radius 2 is 0.922 bits per heavy atom. The molecule has 5 fully saturated rings. The van der Waals surface area contributed by atoms with Crippen LogP contribution in [0.25, 0.3) is 0 Å². The van der Waals surface area contributed by atoms with Crippen molar-refractivity contribution >= 4 is 224 Å². The molecule has 0 aromatic heterocycles. The Bertz CT molecular complexity index is 4060. The number of urea groups is 1. The summed E-state index contributed by atoms with van der Waals surface area (Å²) >= 11 is 26.8. The fourth-order valence-corrected chi connectivity index (χ4v) is 21.2. The number of hydrogen-bond donors (Lipinski definition) is 8. The van der Waals surface area contributed by atoms with E-state index in [9.17, 15) is 39.7 Å². The van der Waals surface area contributed by atoms with Gasteiger partial charge in [0.1, 0.15) is 21.8 Å². The Labute approximate surface area is 780 Å². The molecule has 0 atom stereocenters. The third-order valence-electron chi connectivity index (χ3n) is 22.6. The van der Waals surface area contributed by atoms with Gasteiger partial charge in [0, 0.05) is 93.4 Å². The van der Waals surface area contributed by atoms with Crippen molar-refractivity contribution in [2.45, 2.75) is 271 Å². The number of para-hydroxylation sites is 2. The molecule has 0 bridgehead atoms. The molecule has 5 aliphatic rings. The number of carbonyl (C=O) groups excluding carboxylic acids is 3. The number of ether oxygens (including phenoxy) is 1. The maximum atomic E-state index is 12.7. The molecule has 116 heavy (non-hydrogen) atoms. The number of Topliss-reactive ketones (excluding diaryl/α,β-unsaturated/α-hetero) is 1. The second-order valence-electron chi connectivity index (χ2n) is 32.9. The molecule has 2 radical (unpaired) electrons. The van der Waals surface area contributed by atoms with E-state index in [0.717, 1.165) is 208 Å². The van der Waals surface area contributed by atoms with E-state index in [1.165, 1.54) is 49.8 Å². The summed E-state index contributed by atoms with van der Waals surface area (Å²) in [5, 5.41) is 46.9. The van der Waals surface area contributed by atoms with Crippen LogP contribution in [-0.2, 0) is 22.1 Å². The van der Waals surface area contributed by atoms with Gasteiger partial charge in [-0.1, -0.05) is 173 Å². The zero-order chi connectivity index (χ0) is 84.9. The summed E-state index contributed by atoms with van der Waals surface area (Å²) in [6.07, 6.45) is 27.3. The number of aryl methyl sites for hydroxylation is 6. The van der Waals surface area contributed by atoms with Crippen LogP contribution in [0, 0.1) is 77.5 Å². The molecule has 19 nitrogen and oxygen atoms in total. The van der Waals surface area contributed by atoms with E-state index >= 15 is 0 Å². The van der Waals surface area contributed by atoms with Crippen molar-refractivity contribution in [3.8, 4) is 5.75 Å². The summed E-state index contributed by atoms with van der Waals surface area (Å²) < 4.78 is 16.6. The van der Waals surface area contributed by atoms with E-state index in [2.05, 4.69) is 203 Å². The number of benzene rings is 6.